The molecule has 1 aromatic heterocycles. The van der Waals surface area contributed by atoms with Crippen LogP contribution in [0.4, 0.5) is 0 Å². The lowest BCUT2D eigenvalue weighted by Gasteiger charge is -2.23. The Labute approximate surface area is 130 Å². The van der Waals surface area contributed by atoms with E-state index in [1.54, 1.807) is 0 Å². The van der Waals surface area contributed by atoms with Crippen molar-refractivity contribution >= 4 is 17.0 Å². The minimum absolute atomic E-state index is 0.201. The lowest BCUT2D eigenvalue weighted by Crippen LogP contribution is -2.30. The highest BCUT2D eigenvalue weighted by Gasteiger charge is 2.23. The number of nitrogens with zero attached hydrogens (tertiary/aromatic N) is 2. The Kier molecular flexibility index (Phi) is 4.43. The fraction of sp³-hybridized carbons (Fsp3) is 0.529. The molecule has 2 aromatic rings. The summed E-state index contributed by atoms with van der Waals surface area (Å²) in [6.07, 6.45) is 2.25. The highest BCUT2D eigenvalue weighted by molar-refractivity contribution is 5.79. The average molecular weight is 301 g/mol. The van der Waals surface area contributed by atoms with Crippen molar-refractivity contribution in [3.05, 3.63) is 29.6 Å². The average Bonchev–Trinajstić information content (AvgIpc) is 2.86. The highest BCUT2D eigenvalue weighted by Crippen LogP contribution is 2.27. The molecule has 0 aliphatic carbocycles. The predicted octanol–water partition coefficient (Wildman–Crippen LogP) is 2.37. The number of fused-ring (bicyclic) bond motifs is 1. The summed E-state index contributed by atoms with van der Waals surface area (Å²) in [5, 5.41) is 3.43. The van der Waals surface area contributed by atoms with Crippen LogP contribution in [0.25, 0.3) is 11.0 Å². The number of hydrogen-bond acceptors (Lipinski definition) is 4. The molecule has 0 saturated carbocycles. The fourth-order valence-electron chi connectivity index (χ4n) is 3.14. The molecular formula is C17H23N3O2. The van der Waals surface area contributed by atoms with Gasteiger partial charge in [-0.05, 0) is 50.9 Å². The van der Waals surface area contributed by atoms with Gasteiger partial charge in [0.15, 0.2) is 0 Å². The van der Waals surface area contributed by atoms with Crippen LogP contribution in [0.3, 0.4) is 0 Å². The molecule has 1 aliphatic heterocycles. The number of ether oxygens (including phenoxy) is 1. The van der Waals surface area contributed by atoms with Crippen molar-refractivity contribution in [2.45, 2.75) is 39.2 Å². The summed E-state index contributed by atoms with van der Waals surface area (Å²) < 4.78 is 7.16. The number of aromatic nitrogens is 2. The second kappa shape index (κ2) is 6.48. The molecule has 3 rings (SSSR count). The van der Waals surface area contributed by atoms with Crippen LogP contribution >= 0.6 is 0 Å². The van der Waals surface area contributed by atoms with E-state index in [2.05, 4.69) is 30.4 Å². The van der Waals surface area contributed by atoms with Crippen molar-refractivity contribution in [2.24, 2.45) is 0 Å². The van der Waals surface area contributed by atoms with Crippen molar-refractivity contribution in [3.8, 4) is 0 Å². The number of esters is 1. The van der Waals surface area contributed by atoms with Gasteiger partial charge in [0, 0.05) is 12.5 Å². The van der Waals surface area contributed by atoms with Gasteiger partial charge in [0.05, 0.1) is 17.6 Å². The van der Waals surface area contributed by atoms with Gasteiger partial charge in [-0.15, -0.1) is 0 Å². The fourth-order valence-corrected chi connectivity index (χ4v) is 3.14. The second-order valence-corrected chi connectivity index (χ2v) is 5.90. The summed E-state index contributed by atoms with van der Waals surface area (Å²) in [5.74, 6) is 1.16. The maximum Gasteiger partial charge on any atom is 0.326 e. The summed E-state index contributed by atoms with van der Waals surface area (Å²) in [7, 11) is 0. The third-order valence-corrected chi connectivity index (χ3v) is 4.19. The number of carbonyl (C=O) groups excluding carboxylic acids is 1. The summed E-state index contributed by atoms with van der Waals surface area (Å²) in [5.41, 5.74) is 3.16. The normalized spacial score (nSPS) is 18.5. The van der Waals surface area contributed by atoms with Crippen molar-refractivity contribution in [2.75, 3.05) is 19.7 Å². The van der Waals surface area contributed by atoms with E-state index < -0.39 is 0 Å². The van der Waals surface area contributed by atoms with Crippen LogP contribution < -0.4 is 5.32 Å². The Bertz CT molecular complexity index is 672. The van der Waals surface area contributed by atoms with E-state index in [1.165, 1.54) is 5.56 Å². The molecule has 118 valence electrons. The largest absolute Gasteiger partial charge is 0.465 e. The third kappa shape index (κ3) is 2.99. The van der Waals surface area contributed by atoms with E-state index in [-0.39, 0.29) is 12.5 Å². The van der Waals surface area contributed by atoms with Crippen LogP contribution in [0, 0.1) is 6.92 Å². The zero-order valence-corrected chi connectivity index (χ0v) is 13.3. The summed E-state index contributed by atoms with van der Waals surface area (Å²) in [6.45, 7) is 6.52. The van der Waals surface area contributed by atoms with E-state index in [0.29, 0.717) is 12.5 Å². The van der Waals surface area contributed by atoms with Crippen LogP contribution in [0.5, 0.6) is 0 Å². The molecule has 5 heteroatoms. The first-order valence-electron chi connectivity index (χ1n) is 8.02. The number of benzene rings is 1. The summed E-state index contributed by atoms with van der Waals surface area (Å²) >= 11 is 0. The number of aryl methyl sites for hydroxylation is 1. The van der Waals surface area contributed by atoms with Crippen LogP contribution in [-0.4, -0.2) is 35.2 Å². The van der Waals surface area contributed by atoms with Crippen molar-refractivity contribution < 1.29 is 9.53 Å². The molecule has 0 bridgehead atoms. The number of piperidine rings is 1. The first-order chi connectivity index (χ1) is 10.7. The molecule has 1 aliphatic rings. The van der Waals surface area contributed by atoms with E-state index in [4.69, 9.17) is 9.72 Å². The van der Waals surface area contributed by atoms with E-state index in [9.17, 15) is 4.79 Å². The molecule has 1 N–H and O–H groups in total. The quantitative estimate of drug-likeness (QED) is 0.881. The zero-order valence-electron chi connectivity index (χ0n) is 13.3. The van der Waals surface area contributed by atoms with Crippen LogP contribution in [-0.2, 0) is 16.1 Å². The lowest BCUT2D eigenvalue weighted by atomic mass is 9.99. The van der Waals surface area contributed by atoms with Crippen LogP contribution in [0.2, 0.25) is 0 Å². The molecule has 22 heavy (non-hydrogen) atoms. The number of imidazole rings is 1. The van der Waals surface area contributed by atoms with Gasteiger partial charge in [-0.3, -0.25) is 4.79 Å². The van der Waals surface area contributed by atoms with Crippen LogP contribution in [0.1, 0.15) is 37.1 Å². The van der Waals surface area contributed by atoms with Gasteiger partial charge in [0.2, 0.25) is 0 Å². The molecule has 0 amide bonds. The molecule has 1 unspecified atom stereocenters. The summed E-state index contributed by atoms with van der Waals surface area (Å²) in [4.78, 5) is 16.8. The molecule has 2 heterocycles. The first kappa shape index (κ1) is 15.0. The minimum Gasteiger partial charge on any atom is -0.465 e. The molecular weight excluding hydrogens is 278 g/mol. The van der Waals surface area contributed by atoms with Gasteiger partial charge in [0.1, 0.15) is 12.4 Å². The van der Waals surface area contributed by atoms with Crippen molar-refractivity contribution in [1.29, 1.82) is 0 Å². The molecule has 1 atom stereocenters. The molecule has 0 spiro atoms. The second-order valence-electron chi connectivity index (χ2n) is 5.90. The molecule has 5 nitrogen and oxygen atoms in total. The standard InChI is InChI=1S/C17H23N3O2/c1-3-22-16(21)11-20-15-7-6-12(2)9-14(15)19-17(20)13-5-4-8-18-10-13/h6-7,9,13,18H,3-5,8,10-11H2,1-2H3. The Morgan fingerprint density at radius 1 is 1.50 bits per heavy atom. The van der Waals surface area contributed by atoms with Crippen molar-refractivity contribution in [3.63, 3.8) is 0 Å². The Morgan fingerprint density at radius 3 is 3.09 bits per heavy atom. The zero-order chi connectivity index (χ0) is 15.5. The topological polar surface area (TPSA) is 56.1 Å². The molecule has 0 radical (unpaired) electrons. The maximum absolute atomic E-state index is 12.0. The highest BCUT2D eigenvalue weighted by atomic mass is 16.5. The monoisotopic (exact) mass is 301 g/mol. The minimum atomic E-state index is -0.201. The van der Waals surface area contributed by atoms with Crippen LogP contribution in [0.15, 0.2) is 18.2 Å². The van der Waals surface area contributed by atoms with Gasteiger partial charge in [0.25, 0.3) is 0 Å². The Morgan fingerprint density at radius 2 is 2.36 bits per heavy atom. The third-order valence-electron chi connectivity index (χ3n) is 4.19. The van der Waals surface area contributed by atoms with Gasteiger partial charge in [-0.1, -0.05) is 6.07 Å². The number of rotatable bonds is 4. The predicted molar refractivity (Wildman–Crippen MR) is 85.9 cm³/mol. The molecule has 1 aromatic carbocycles. The number of hydrogen-bond donors (Lipinski definition) is 1. The number of nitrogens with one attached hydrogen (secondary N) is 1. The van der Waals surface area contributed by atoms with Gasteiger partial charge < -0.3 is 14.6 Å². The number of carbonyl (C=O) groups is 1. The Balaban J connectivity index is 2.02. The lowest BCUT2D eigenvalue weighted by molar-refractivity contribution is -0.143. The molecule has 1 fully saturated rings. The Hall–Kier alpha value is -1.88. The van der Waals surface area contributed by atoms with E-state index >= 15 is 0 Å². The maximum atomic E-state index is 12.0. The van der Waals surface area contributed by atoms with Gasteiger partial charge >= 0.3 is 5.97 Å². The molecule has 1 saturated heterocycles. The van der Waals surface area contributed by atoms with Gasteiger partial charge in [-0.2, -0.15) is 0 Å². The van der Waals surface area contributed by atoms with Crippen molar-refractivity contribution in [1.82, 2.24) is 14.9 Å². The summed E-state index contributed by atoms with van der Waals surface area (Å²) in [6, 6.07) is 6.20. The van der Waals surface area contributed by atoms with E-state index in [1.807, 2.05) is 11.5 Å². The smallest absolute Gasteiger partial charge is 0.326 e. The first-order valence-corrected chi connectivity index (χ1v) is 8.02. The van der Waals surface area contributed by atoms with E-state index in [0.717, 1.165) is 42.8 Å². The van der Waals surface area contributed by atoms with Gasteiger partial charge in [-0.25, -0.2) is 4.98 Å². The SMILES string of the molecule is CCOC(=O)Cn1c(C2CCCNC2)nc2cc(C)ccc21.